The summed E-state index contributed by atoms with van der Waals surface area (Å²) in [4.78, 5) is 14.4. The molecule has 1 amide bonds. The lowest BCUT2D eigenvalue weighted by molar-refractivity contribution is -0.112. The SMILES string of the molecule is CCOc1cccc(NC(=O)/C(C#N)=C\c2ccc(N(C)C)c(Br)c2)c1. The van der Waals surface area contributed by atoms with Gasteiger partial charge in [-0.15, -0.1) is 0 Å². The lowest BCUT2D eigenvalue weighted by Crippen LogP contribution is -2.13. The first-order chi connectivity index (χ1) is 12.4. The number of amides is 1. The second-order valence-electron chi connectivity index (χ2n) is 5.69. The number of carbonyl (C=O) groups excluding carboxylic acids is 1. The van der Waals surface area contributed by atoms with Crippen LogP contribution in [0.15, 0.2) is 52.5 Å². The van der Waals surface area contributed by atoms with Gasteiger partial charge in [-0.3, -0.25) is 4.79 Å². The number of anilines is 2. The number of hydrogen-bond acceptors (Lipinski definition) is 4. The number of ether oxygens (including phenoxy) is 1. The van der Waals surface area contributed by atoms with Crippen LogP contribution in [0.25, 0.3) is 6.08 Å². The van der Waals surface area contributed by atoms with Crippen molar-refractivity contribution < 1.29 is 9.53 Å². The molecule has 134 valence electrons. The van der Waals surface area contributed by atoms with E-state index in [2.05, 4.69) is 21.2 Å². The topological polar surface area (TPSA) is 65.4 Å². The summed E-state index contributed by atoms with van der Waals surface area (Å²) in [5.41, 5.74) is 2.37. The summed E-state index contributed by atoms with van der Waals surface area (Å²) in [6, 6.07) is 14.7. The molecule has 1 N–H and O–H groups in total. The van der Waals surface area contributed by atoms with E-state index in [0.29, 0.717) is 18.0 Å². The van der Waals surface area contributed by atoms with Gasteiger partial charge in [-0.25, -0.2) is 0 Å². The number of halogens is 1. The molecule has 0 aliphatic rings. The zero-order chi connectivity index (χ0) is 19.1. The minimum absolute atomic E-state index is 0.0244. The fourth-order valence-electron chi connectivity index (χ4n) is 2.32. The molecule has 0 saturated carbocycles. The van der Waals surface area contributed by atoms with Crippen molar-refractivity contribution in [2.75, 3.05) is 30.9 Å². The highest BCUT2D eigenvalue weighted by atomic mass is 79.9. The maximum Gasteiger partial charge on any atom is 0.266 e. The standard InChI is InChI=1S/C20H20BrN3O2/c1-4-26-17-7-5-6-16(12-17)23-20(25)15(13-22)10-14-8-9-19(24(2)3)18(21)11-14/h5-12H,4H2,1-3H3,(H,23,25)/b15-10-. The molecule has 2 aromatic carbocycles. The number of benzene rings is 2. The van der Waals surface area contributed by atoms with Gasteiger partial charge in [0.05, 0.1) is 12.3 Å². The predicted molar refractivity (Wildman–Crippen MR) is 108 cm³/mol. The monoisotopic (exact) mass is 413 g/mol. The van der Waals surface area contributed by atoms with E-state index in [0.717, 1.165) is 15.7 Å². The van der Waals surface area contributed by atoms with Crippen molar-refractivity contribution in [2.24, 2.45) is 0 Å². The van der Waals surface area contributed by atoms with E-state index in [-0.39, 0.29) is 5.57 Å². The molecule has 0 fully saturated rings. The summed E-state index contributed by atoms with van der Waals surface area (Å²) < 4.78 is 6.30. The zero-order valence-electron chi connectivity index (χ0n) is 14.9. The van der Waals surface area contributed by atoms with E-state index >= 15 is 0 Å². The summed E-state index contributed by atoms with van der Waals surface area (Å²) >= 11 is 3.50. The number of nitrogens with zero attached hydrogens (tertiary/aromatic N) is 2. The van der Waals surface area contributed by atoms with Gasteiger partial charge in [0, 0.05) is 30.3 Å². The molecule has 0 aliphatic carbocycles. The molecule has 0 radical (unpaired) electrons. The van der Waals surface area contributed by atoms with Crippen LogP contribution in [0.1, 0.15) is 12.5 Å². The Morgan fingerprint density at radius 3 is 2.69 bits per heavy atom. The Labute approximate surface area is 162 Å². The Morgan fingerprint density at radius 2 is 2.08 bits per heavy atom. The van der Waals surface area contributed by atoms with Crippen LogP contribution in [0.4, 0.5) is 11.4 Å². The fraction of sp³-hybridized carbons (Fsp3) is 0.200. The minimum atomic E-state index is -0.464. The Hall–Kier alpha value is -2.78. The molecule has 2 rings (SSSR count). The largest absolute Gasteiger partial charge is 0.494 e. The van der Waals surface area contributed by atoms with Gasteiger partial charge in [0.25, 0.3) is 5.91 Å². The van der Waals surface area contributed by atoms with Crippen molar-refractivity contribution in [3.63, 3.8) is 0 Å². The van der Waals surface area contributed by atoms with Crippen LogP contribution < -0.4 is 15.0 Å². The van der Waals surface area contributed by atoms with Crippen LogP contribution in [0.3, 0.4) is 0 Å². The molecule has 0 saturated heterocycles. The van der Waals surface area contributed by atoms with Gasteiger partial charge in [-0.2, -0.15) is 5.26 Å². The third-order valence-electron chi connectivity index (χ3n) is 3.53. The fourth-order valence-corrected chi connectivity index (χ4v) is 3.07. The van der Waals surface area contributed by atoms with E-state index in [1.807, 2.05) is 56.3 Å². The van der Waals surface area contributed by atoms with Gasteiger partial charge in [0.1, 0.15) is 17.4 Å². The van der Waals surface area contributed by atoms with Crippen molar-refractivity contribution in [3.05, 3.63) is 58.1 Å². The smallest absolute Gasteiger partial charge is 0.266 e. The Kier molecular flexibility index (Phi) is 6.81. The molecule has 5 nitrogen and oxygen atoms in total. The normalized spacial score (nSPS) is 10.8. The van der Waals surface area contributed by atoms with Gasteiger partial charge >= 0.3 is 0 Å². The molecule has 0 spiro atoms. The molecular formula is C20H20BrN3O2. The van der Waals surface area contributed by atoms with Crippen LogP contribution in [-0.4, -0.2) is 26.6 Å². The summed E-state index contributed by atoms with van der Waals surface area (Å²) in [5, 5.41) is 12.1. The summed E-state index contributed by atoms with van der Waals surface area (Å²) in [7, 11) is 3.89. The van der Waals surface area contributed by atoms with Gasteiger partial charge in [0.15, 0.2) is 0 Å². The van der Waals surface area contributed by atoms with Gasteiger partial charge in [0.2, 0.25) is 0 Å². The molecule has 26 heavy (non-hydrogen) atoms. The van der Waals surface area contributed by atoms with Gasteiger partial charge in [-0.1, -0.05) is 12.1 Å². The number of nitrogens with one attached hydrogen (secondary N) is 1. The Bertz CT molecular complexity index is 870. The van der Waals surface area contributed by atoms with Crippen LogP contribution in [0, 0.1) is 11.3 Å². The van der Waals surface area contributed by atoms with E-state index in [9.17, 15) is 10.1 Å². The van der Waals surface area contributed by atoms with Crippen molar-refractivity contribution in [3.8, 4) is 11.8 Å². The second kappa shape index (κ2) is 9.07. The molecule has 0 aromatic heterocycles. The van der Waals surface area contributed by atoms with E-state index in [1.165, 1.54) is 0 Å². The maximum atomic E-state index is 12.4. The molecule has 2 aromatic rings. The van der Waals surface area contributed by atoms with Crippen molar-refractivity contribution in [1.82, 2.24) is 0 Å². The average molecular weight is 414 g/mol. The van der Waals surface area contributed by atoms with Crippen LogP contribution in [0.5, 0.6) is 5.75 Å². The summed E-state index contributed by atoms with van der Waals surface area (Å²) in [6.45, 7) is 2.43. The highest BCUT2D eigenvalue weighted by Crippen LogP contribution is 2.27. The molecule has 0 atom stereocenters. The zero-order valence-corrected chi connectivity index (χ0v) is 16.5. The van der Waals surface area contributed by atoms with Crippen molar-refractivity contribution >= 4 is 39.3 Å². The lowest BCUT2D eigenvalue weighted by atomic mass is 10.1. The van der Waals surface area contributed by atoms with Crippen LogP contribution in [-0.2, 0) is 4.79 Å². The Balaban J connectivity index is 2.21. The van der Waals surface area contributed by atoms with E-state index in [4.69, 9.17) is 4.74 Å². The highest BCUT2D eigenvalue weighted by Gasteiger charge is 2.11. The third-order valence-corrected chi connectivity index (χ3v) is 4.17. The van der Waals surface area contributed by atoms with Gasteiger partial charge < -0.3 is 15.0 Å². The van der Waals surface area contributed by atoms with Crippen molar-refractivity contribution in [1.29, 1.82) is 5.26 Å². The first-order valence-corrected chi connectivity index (χ1v) is 8.86. The quantitative estimate of drug-likeness (QED) is 0.560. The van der Waals surface area contributed by atoms with E-state index < -0.39 is 5.91 Å². The minimum Gasteiger partial charge on any atom is -0.494 e. The second-order valence-corrected chi connectivity index (χ2v) is 6.54. The predicted octanol–water partition coefficient (Wildman–Crippen LogP) is 4.46. The van der Waals surface area contributed by atoms with Gasteiger partial charge in [-0.05, 0) is 58.8 Å². The number of carbonyl (C=O) groups is 1. The molecule has 0 heterocycles. The maximum absolute atomic E-state index is 12.4. The molecule has 0 aliphatic heterocycles. The third kappa shape index (κ3) is 5.11. The molecule has 0 bridgehead atoms. The molecule has 0 unspecified atom stereocenters. The summed E-state index contributed by atoms with van der Waals surface area (Å²) in [6.07, 6.45) is 1.56. The number of hydrogen-bond donors (Lipinski definition) is 1. The van der Waals surface area contributed by atoms with Crippen LogP contribution >= 0.6 is 15.9 Å². The highest BCUT2D eigenvalue weighted by molar-refractivity contribution is 9.10. The Morgan fingerprint density at radius 1 is 1.31 bits per heavy atom. The first-order valence-electron chi connectivity index (χ1n) is 8.07. The number of rotatable bonds is 6. The number of nitriles is 1. The van der Waals surface area contributed by atoms with E-state index in [1.54, 1.807) is 24.3 Å². The average Bonchev–Trinajstić information content (AvgIpc) is 2.60. The summed E-state index contributed by atoms with van der Waals surface area (Å²) in [5.74, 6) is 0.199. The van der Waals surface area contributed by atoms with Crippen molar-refractivity contribution in [2.45, 2.75) is 6.92 Å². The first kappa shape index (κ1) is 19.5. The van der Waals surface area contributed by atoms with Crippen LogP contribution in [0.2, 0.25) is 0 Å². The lowest BCUT2D eigenvalue weighted by Gasteiger charge is -2.14. The molecule has 6 heteroatoms. The molecular weight excluding hydrogens is 394 g/mol.